The third-order valence-corrected chi connectivity index (χ3v) is 3.03. The summed E-state index contributed by atoms with van der Waals surface area (Å²) in [5.41, 5.74) is 0. The van der Waals surface area contributed by atoms with Crippen molar-refractivity contribution in [3.05, 3.63) is 0 Å². The minimum atomic E-state index is 0. The monoisotopic (exact) mass is 143 g/mol. The summed E-state index contributed by atoms with van der Waals surface area (Å²) in [6.07, 6.45) is 6.00. The maximum Gasteiger partial charge on any atom is 0.0788 e. The highest BCUT2D eigenvalue weighted by atomic mass is 15.4. The number of nitrogens with zero attached hydrogens (tertiary/aromatic N) is 1. The van der Waals surface area contributed by atoms with E-state index in [0.717, 1.165) is 0 Å². The van der Waals surface area contributed by atoms with Crippen LogP contribution in [0.25, 0.3) is 0 Å². The summed E-state index contributed by atoms with van der Waals surface area (Å²) >= 11 is 0. The molecular formula is C8H19N2+. The lowest BCUT2D eigenvalue weighted by Crippen LogP contribution is -2.41. The van der Waals surface area contributed by atoms with E-state index < -0.39 is 0 Å². The Kier molecular flexibility index (Phi) is 2.32. The van der Waals surface area contributed by atoms with Crippen molar-refractivity contribution in [1.82, 2.24) is 6.15 Å². The molecule has 2 fully saturated rings. The van der Waals surface area contributed by atoms with Gasteiger partial charge < -0.3 is 10.6 Å². The first-order chi connectivity index (χ1) is 4.41. The van der Waals surface area contributed by atoms with Crippen LogP contribution in [-0.2, 0) is 0 Å². The van der Waals surface area contributed by atoms with Gasteiger partial charge in [-0.1, -0.05) is 0 Å². The normalized spacial score (nSPS) is 28.8. The first kappa shape index (κ1) is 8.02. The first-order valence-electron chi connectivity index (χ1n) is 4.26. The fourth-order valence-electron chi connectivity index (χ4n) is 2.46. The van der Waals surface area contributed by atoms with E-state index in [1.165, 1.54) is 56.3 Å². The second-order valence-corrected chi connectivity index (χ2v) is 3.65. The zero-order chi connectivity index (χ0) is 6.16. The van der Waals surface area contributed by atoms with Gasteiger partial charge in [0.15, 0.2) is 0 Å². The van der Waals surface area contributed by atoms with Crippen LogP contribution in [0.1, 0.15) is 25.7 Å². The van der Waals surface area contributed by atoms with Gasteiger partial charge in [0.25, 0.3) is 0 Å². The Hall–Kier alpha value is -0.0800. The molecule has 1 spiro atoms. The maximum absolute atomic E-state index is 1.50. The summed E-state index contributed by atoms with van der Waals surface area (Å²) in [5, 5.41) is 0. The van der Waals surface area contributed by atoms with Crippen LogP contribution in [0.3, 0.4) is 0 Å². The summed E-state index contributed by atoms with van der Waals surface area (Å²) in [6.45, 7) is 6.00. The van der Waals surface area contributed by atoms with Crippen molar-refractivity contribution in [3.8, 4) is 0 Å². The number of quaternary nitrogens is 1. The minimum Gasteiger partial charge on any atom is -0.344 e. The predicted octanol–water partition coefficient (Wildman–Crippen LogP) is 1.55. The van der Waals surface area contributed by atoms with E-state index >= 15 is 0 Å². The molecule has 3 N–H and O–H groups in total. The molecule has 0 bridgehead atoms. The van der Waals surface area contributed by atoms with E-state index in [1.54, 1.807) is 0 Å². The Labute approximate surface area is 63.4 Å². The topological polar surface area (TPSA) is 35.0 Å². The van der Waals surface area contributed by atoms with Crippen LogP contribution in [0.15, 0.2) is 0 Å². The molecule has 0 aromatic carbocycles. The van der Waals surface area contributed by atoms with Gasteiger partial charge in [0.05, 0.1) is 26.2 Å². The summed E-state index contributed by atoms with van der Waals surface area (Å²) in [6, 6.07) is 0. The molecule has 10 heavy (non-hydrogen) atoms. The molecule has 0 unspecified atom stereocenters. The lowest BCUT2D eigenvalue weighted by Gasteiger charge is -2.27. The van der Waals surface area contributed by atoms with Gasteiger partial charge in [-0.25, -0.2) is 0 Å². The van der Waals surface area contributed by atoms with Gasteiger partial charge in [0, 0.05) is 25.7 Å². The Morgan fingerprint density at radius 2 is 0.900 bits per heavy atom. The molecule has 0 amide bonds. The fourth-order valence-corrected chi connectivity index (χ4v) is 2.46. The molecule has 0 atom stereocenters. The standard InChI is InChI=1S/C8H16N.H3N/c1-2-6-9(5-1)7-3-4-8-9;/h1-8H2;1H3/q+1;. The van der Waals surface area contributed by atoms with Gasteiger partial charge in [-0.2, -0.15) is 0 Å². The van der Waals surface area contributed by atoms with Crippen molar-refractivity contribution < 1.29 is 4.48 Å². The molecule has 2 heterocycles. The second kappa shape index (κ2) is 2.89. The molecule has 60 valence electrons. The number of hydrogen-bond donors (Lipinski definition) is 1. The molecule has 2 saturated heterocycles. The average molecular weight is 143 g/mol. The SMILES string of the molecule is C1CC[N+]2(C1)CCCC2.N. The van der Waals surface area contributed by atoms with Crippen molar-refractivity contribution >= 4 is 0 Å². The van der Waals surface area contributed by atoms with Crippen molar-refractivity contribution in [3.63, 3.8) is 0 Å². The molecule has 2 aliphatic rings. The van der Waals surface area contributed by atoms with Gasteiger partial charge in [0.2, 0.25) is 0 Å². The van der Waals surface area contributed by atoms with Crippen LogP contribution in [0.5, 0.6) is 0 Å². The van der Waals surface area contributed by atoms with Gasteiger partial charge >= 0.3 is 0 Å². The second-order valence-electron chi connectivity index (χ2n) is 3.65. The maximum atomic E-state index is 1.50. The molecule has 0 aromatic heterocycles. The van der Waals surface area contributed by atoms with Crippen molar-refractivity contribution in [2.45, 2.75) is 25.7 Å². The van der Waals surface area contributed by atoms with Crippen LogP contribution < -0.4 is 6.15 Å². The zero-order valence-electron chi connectivity index (χ0n) is 6.81. The third kappa shape index (κ3) is 1.18. The smallest absolute Gasteiger partial charge is 0.0788 e. The lowest BCUT2D eigenvalue weighted by atomic mass is 10.4. The summed E-state index contributed by atoms with van der Waals surface area (Å²) in [5.74, 6) is 0. The first-order valence-corrected chi connectivity index (χ1v) is 4.26. The summed E-state index contributed by atoms with van der Waals surface area (Å²) < 4.78 is 1.50. The van der Waals surface area contributed by atoms with E-state index in [4.69, 9.17) is 0 Å². The largest absolute Gasteiger partial charge is 0.344 e. The quantitative estimate of drug-likeness (QED) is 0.513. The lowest BCUT2D eigenvalue weighted by molar-refractivity contribution is -0.904. The van der Waals surface area contributed by atoms with E-state index in [0.29, 0.717) is 0 Å². The molecule has 0 aromatic rings. The number of hydrogen-bond acceptors (Lipinski definition) is 1. The highest BCUT2D eigenvalue weighted by molar-refractivity contribution is 4.60. The molecule has 0 saturated carbocycles. The fraction of sp³-hybridized carbons (Fsp3) is 1.00. The van der Waals surface area contributed by atoms with E-state index in [1.807, 2.05) is 0 Å². The Morgan fingerprint density at radius 3 is 1.20 bits per heavy atom. The van der Waals surface area contributed by atoms with Crippen molar-refractivity contribution in [2.24, 2.45) is 0 Å². The van der Waals surface area contributed by atoms with Crippen molar-refractivity contribution in [2.75, 3.05) is 26.2 Å². The molecule has 2 nitrogen and oxygen atoms in total. The van der Waals surface area contributed by atoms with Crippen LogP contribution in [0.2, 0.25) is 0 Å². The third-order valence-electron chi connectivity index (χ3n) is 3.03. The Balaban J connectivity index is 0.000000500. The minimum absolute atomic E-state index is 0. The van der Waals surface area contributed by atoms with Gasteiger partial charge in [-0.3, -0.25) is 0 Å². The van der Waals surface area contributed by atoms with Crippen LogP contribution in [0.4, 0.5) is 0 Å². The van der Waals surface area contributed by atoms with Crippen molar-refractivity contribution in [1.29, 1.82) is 0 Å². The van der Waals surface area contributed by atoms with Crippen LogP contribution in [-0.4, -0.2) is 30.7 Å². The van der Waals surface area contributed by atoms with E-state index in [9.17, 15) is 0 Å². The summed E-state index contributed by atoms with van der Waals surface area (Å²) in [7, 11) is 0. The molecule has 2 aliphatic heterocycles. The highest BCUT2D eigenvalue weighted by Gasteiger charge is 2.34. The van der Waals surface area contributed by atoms with Crippen LogP contribution >= 0.6 is 0 Å². The molecule has 2 rings (SSSR count). The predicted molar refractivity (Wildman–Crippen MR) is 43.2 cm³/mol. The molecule has 2 heteroatoms. The zero-order valence-corrected chi connectivity index (χ0v) is 6.81. The molecule has 0 radical (unpaired) electrons. The van der Waals surface area contributed by atoms with Gasteiger partial charge in [0.1, 0.15) is 0 Å². The highest BCUT2D eigenvalue weighted by Crippen LogP contribution is 2.25. The molecule has 0 aliphatic carbocycles. The number of rotatable bonds is 0. The summed E-state index contributed by atoms with van der Waals surface area (Å²) in [4.78, 5) is 0. The average Bonchev–Trinajstić information content (AvgIpc) is 2.45. The molecular weight excluding hydrogens is 124 g/mol. The van der Waals surface area contributed by atoms with Crippen LogP contribution in [0, 0.1) is 0 Å². The van der Waals surface area contributed by atoms with Gasteiger partial charge in [-0.15, -0.1) is 0 Å². The Bertz CT molecular complexity index is 82.3. The van der Waals surface area contributed by atoms with E-state index in [-0.39, 0.29) is 6.15 Å². The Morgan fingerprint density at radius 1 is 0.600 bits per heavy atom. The van der Waals surface area contributed by atoms with E-state index in [2.05, 4.69) is 0 Å². The van der Waals surface area contributed by atoms with Gasteiger partial charge in [-0.05, 0) is 0 Å².